The zero-order valence-electron chi connectivity index (χ0n) is 13.2. The Morgan fingerprint density at radius 1 is 1.23 bits per heavy atom. The molecule has 0 aromatic heterocycles. The summed E-state index contributed by atoms with van der Waals surface area (Å²) in [4.78, 5) is 14.9. The summed E-state index contributed by atoms with van der Waals surface area (Å²) in [7, 11) is 0. The normalized spacial score (nSPS) is 17.1. The first-order chi connectivity index (χ1) is 10.5. The lowest BCUT2D eigenvalue weighted by Crippen LogP contribution is -3.13. The summed E-state index contributed by atoms with van der Waals surface area (Å²) in [5.74, 6) is -0.188. The molecule has 3 N–H and O–H groups in total. The Labute approximate surface area is 131 Å². The maximum absolute atomic E-state index is 11.6. The van der Waals surface area contributed by atoms with Crippen molar-refractivity contribution in [3.05, 3.63) is 47.2 Å². The second kappa shape index (κ2) is 7.22. The lowest BCUT2D eigenvalue weighted by atomic mass is 10.1. The van der Waals surface area contributed by atoms with Crippen LogP contribution in [-0.2, 0) is 11.3 Å². The molecule has 22 heavy (non-hydrogen) atoms. The molecule has 0 unspecified atom stereocenters. The molecule has 0 saturated carbocycles. The lowest BCUT2D eigenvalue weighted by Gasteiger charge is -2.34. The van der Waals surface area contributed by atoms with Gasteiger partial charge in [-0.05, 0) is 13.8 Å². The molecule has 1 aromatic rings. The third kappa shape index (κ3) is 3.95. The van der Waals surface area contributed by atoms with Crippen LogP contribution in [0.3, 0.4) is 0 Å². The van der Waals surface area contributed by atoms with Crippen molar-refractivity contribution >= 4 is 11.6 Å². The van der Waals surface area contributed by atoms with Crippen molar-refractivity contribution < 1.29 is 14.8 Å². The van der Waals surface area contributed by atoms with Crippen LogP contribution in [0.1, 0.15) is 19.4 Å². The van der Waals surface area contributed by atoms with Gasteiger partial charge in [0.15, 0.2) is 5.78 Å². The Morgan fingerprint density at radius 2 is 1.82 bits per heavy atom. The minimum Gasteiger partial charge on any atom is -0.512 e. The Morgan fingerprint density at radius 3 is 2.32 bits per heavy atom. The molecule has 2 rings (SSSR count). The second-order valence-electron chi connectivity index (χ2n) is 5.76. The number of hydrogen-bond acceptors (Lipinski definition) is 3. The van der Waals surface area contributed by atoms with Gasteiger partial charge in [-0.3, -0.25) is 10.2 Å². The topological polar surface area (TPSA) is 68.8 Å². The van der Waals surface area contributed by atoms with E-state index in [0.717, 1.165) is 32.7 Å². The zero-order valence-corrected chi connectivity index (χ0v) is 13.2. The van der Waals surface area contributed by atoms with E-state index in [1.165, 1.54) is 24.3 Å². The molecule has 1 aromatic carbocycles. The molecule has 1 fully saturated rings. The number of nitrogens with one attached hydrogen (secondary N) is 2. The number of carbonyl (C=O) groups is 1. The van der Waals surface area contributed by atoms with Gasteiger partial charge in [0.1, 0.15) is 18.1 Å². The molecule has 0 amide bonds. The first kappa shape index (κ1) is 16.2. The molecule has 1 aliphatic heterocycles. The van der Waals surface area contributed by atoms with Crippen molar-refractivity contribution in [2.75, 3.05) is 26.2 Å². The molecule has 0 spiro atoms. The average Bonchev–Trinajstić information content (AvgIpc) is 2.48. The van der Waals surface area contributed by atoms with Crippen LogP contribution in [0.2, 0.25) is 0 Å². The van der Waals surface area contributed by atoms with Gasteiger partial charge in [0.25, 0.3) is 0 Å². The predicted molar refractivity (Wildman–Crippen MR) is 86.2 cm³/mol. The van der Waals surface area contributed by atoms with Gasteiger partial charge in [-0.25, -0.2) is 0 Å². The fourth-order valence-electron chi connectivity index (χ4n) is 2.86. The highest BCUT2D eigenvalue weighted by molar-refractivity contribution is 6.19. The Hall–Kier alpha value is -2.14. The van der Waals surface area contributed by atoms with Crippen LogP contribution >= 0.6 is 0 Å². The standard InChI is InChI=1S/C17H23N3O2/c1-13(21)16(14(2)22)17(18)20-10-8-19(9-11-20)12-15-6-4-3-5-7-15/h3-7,18,21H,8-12H2,1-2H3/p+1. The van der Waals surface area contributed by atoms with Crippen molar-refractivity contribution in [1.29, 1.82) is 5.41 Å². The van der Waals surface area contributed by atoms with E-state index in [9.17, 15) is 9.90 Å². The number of rotatable bonds is 4. The molecule has 1 heterocycles. The van der Waals surface area contributed by atoms with E-state index in [1.807, 2.05) is 11.0 Å². The van der Waals surface area contributed by atoms with Crippen molar-refractivity contribution in [1.82, 2.24) is 4.90 Å². The van der Waals surface area contributed by atoms with Crippen LogP contribution in [-0.4, -0.2) is 47.8 Å². The van der Waals surface area contributed by atoms with Crippen LogP contribution in [0.25, 0.3) is 0 Å². The van der Waals surface area contributed by atoms with Gasteiger partial charge >= 0.3 is 0 Å². The summed E-state index contributed by atoms with van der Waals surface area (Å²) in [6.45, 7) is 7.13. The Balaban J connectivity index is 1.93. The molecule has 5 nitrogen and oxygen atoms in total. The minimum atomic E-state index is -0.260. The van der Waals surface area contributed by atoms with E-state index in [4.69, 9.17) is 5.41 Å². The van der Waals surface area contributed by atoms with Gasteiger partial charge in [0.2, 0.25) is 0 Å². The molecule has 118 valence electrons. The van der Waals surface area contributed by atoms with Gasteiger partial charge in [0, 0.05) is 5.56 Å². The van der Waals surface area contributed by atoms with Gasteiger partial charge in [0.05, 0.1) is 31.8 Å². The number of quaternary nitrogens is 1. The first-order valence-electron chi connectivity index (χ1n) is 7.61. The van der Waals surface area contributed by atoms with Gasteiger partial charge < -0.3 is 14.9 Å². The predicted octanol–water partition coefficient (Wildman–Crippen LogP) is 0.785. The summed E-state index contributed by atoms with van der Waals surface area (Å²) in [5.41, 5.74) is 1.45. The van der Waals surface area contributed by atoms with E-state index < -0.39 is 0 Å². The van der Waals surface area contributed by atoms with Gasteiger partial charge in [-0.15, -0.1) is 0 Å². The highest BCUT2D eigenvalue weighted by atomic mass is 16.3. The summed E-state index contributed by atoms with van der Waals surface area (Å²) in [6, 6.07) is 10.4. The summed E-state index contributed by atoms with van der Waals surface area (Å²) in [6.07, 6.45) is 0. The zero-order chi connectivity index (χ0) is 16.1. The molecule has 0 bridgehead atoms. The number of carbonyl (C=O) groups excluding carboxylic acids is 1. The smallest absolute Gasteiger partial charge is 0.166 e. The molecule has 1 aliphatic rings. The number of piperazine rings is 1. The van der Waals surface area contributed by atoms with Crippen molar-refractivity contribution in [2.24, 2.45) is 0 Å². The Kier molecular flexibility index (Phi) is 5.33. The minimum absolute atomic E-state index is 0.0726. The number of aliphatic hydroxyl groups is 1. The van der Waals surface area contributed by atoms with E-state index in [0.29, 0.717) is 0 Å². The second-order valence-corrected chi connectivity index (χ2v) is 5.76. The molecule has 0 radical (unpaired) electrons. The number of ketones is 1. The van der Waals surface area contributed by atoms with Crippen LogP contribution in [0.15, 0.2) is 41.7 Å². The molecular formula is C17H24N3O2+. The quantitative estimate of drug-likeness (QED) is 0.333. The lowest BCUT2D eigenvalue weighted by molar-refractivity contribution is -0.917. The fourth-order valence-corrected chi connectivity index (χ4v) is 2.86. The average molecular weight is 302 g/mol. The van der Waals surface area contributed by atoms with Gasteiger partial charge in [-0.1, -0.05) is 30.3 Å². The van der Waals surface area contributed by atoms with E-state index in [-0.39, 0.29) is 23.0 Å². The first-order valence-corrected chi connectivity index (χ1v) is 7.61. The monoisotopic (exact) mass is 302 g/mol. The van der Waals surface area contributed by atoms with E-state index in [1.54, 1.807) is 0 Å². The number of benzene rings is 1. The van der Waals surface area contributed by atoms with Crippen LogP contribution in [0.5, 0.6) is 0 Å². The third-order valence-corrected chi connectivity index (χ3v) is 4.03. The SMILES string of the molecule is CC(=O)C(C(=N)N1CC[NH+](Cc2ccccc2)CC1)=C(C)O. The number of amidine groups is 1. The summed E-state index contributed by atoms with van der Waals surface area (Å²) >= 11 is 0. The van der Waals surface area contributed by atoms with E-state index in [2.05, 4.69) is 24.3 Å². The third-order valence-electron chi connectivity index (χ3n) is 4.03. The van der Waals surface area contributed by atoms with Crippen molar-refractivity contribution in [3.63, 3.8) is 0 Å². The van der Waals surface area contributed by atoms with Crippen molar-refractivity contribution in [3.8, 4) is 0 Å². The highest BCUT2D eigenvalue weighted by Gasteiger charge is 2.26. The summed E-state index contributed by atoms with van der Waals surface area (Å²) < 4.78 is 0. The highest BCUT2D eigenvalue weighted by Crippen LogP contribution is 2.09. The number of nitrogens with zero attached hydrogens (tertiary/aromatic N) is 1. The molecule has 5 heteroatoms. The summed E-state index contributed by atoms with van der Waals surface area (Å²) in [5, 5.41) is 17.8. The van der Waals surface area contributed by atoms with Gasteiger partial charge in [-0.2, -0.15) is 0 Å². The molecule has 0 aliphatic carbocycles. The molecule has 0 atom stereocenters. The van der Waals surface area contributed by atoms with Crippen LogP contribution in [0, 0.1) is 5.41 Å². The fraction of sp³-hybridized carbons (Fsp3) is 0.412. The molecule has 1 saturated heterocycles. The molecular weight excluding hydrogens is 278 g/mol. The number of hydrogen-bond donors (Lipinski definition) is 3. The van der Waals surface area contributed by atoms with Crippen LogP contribution in [0.4, 0.5) is 0 Å². The van der Waals surface area contributed by atoms with Crippen LogP contribution < -0.4 is 4.90 Å². The maximum Gasteiger partial charge on any atom is 0.166 e. The van der Waals surface area contributed by atoms with E-state index >= 15 is 0 Å². The number of allylic oxidation sites excluding steroid dienone is 1. The Bertz CT molecular complexity index is 569. The maximum atomic E-state index is 11.6. The number of Topliss-reactive ketones (excluding diaryl/α,β-unsaturated/α-hetero) is 1. The van der Waals surface area contributed by atoms with Crippen molar-refractivity contribution in [2.45, 2.75) is 20.4 Å². The number of aliphatic hydroxyl groups excluding tert-OH is 1. The largest absolute Gasteiger partial charge is 0.512 e.